The van der Waals surface area contributed by atoms with Crippen molar-refractivity contribution in [1.29, 1.82) is 0 Å². The van der Waals surface area contributed by atoms with Crippen LogP contribution in [0.4, 0.5) is 10.1 Å². The van der Waals surface area contributed by atoms with E-state index in [1.807, 2.05) is 0 Å². The van der Waals surface area contributed by atoms with Gasteiger partial charge in [-0.15, -0.1) is 11.8 Å². The van der Waals surface area contributed by atoms with Crippen molar-refractivity contribution in [3.63, 3.8) is 0 Å². The SMILES string of the molecule is Nc1cccc(Cl)c1SCc1cncc(F)c1. The molecule has 5 heteroatoms. The van der Waals surface area contributed by atoms with E-state index in [9.17, 15) is 4.39 Å². The Hall–Kier alpha value is -1.26. The van der Waals surface area contributed by atoms with Gasteiger partial charge in [-0.25, -0.2) is 4.39 Å². The molecule has 0 aliphatic rings. The Morgan fingerprint density at radius 1 is 1.35 bits per heavy atom. The van der Waals surface area contributed by atoms with E-state index in [0.29, 0.717) is 16.5 Å². The van der Waals surface area contributed by atoms with Gasteiger partial charge in [-0.05, 0) is 23.8 Å². The summed E-state index contributed by atoms with van der Waals surface area (Å²) in [5.41, 5.74) is 7.25. The standard InChI is InChI=1S/C12H10ClFN2S/c13-10-2-1-3-11(15)12(10)17-7-8-4-9(14)6-16-5-8/h1-6H,7,15H2. The molecule has 0 spiro atoms. The van der Waals surface area contributed by atoms with Gasteiger partial charge in [-0.1, -0.05) is 17.7 Å². The van der Waals surface area contributed by atoms with E-state index in [1.54, 1.807) is 24.4 Å². The Labute approximate surface area is 108 Å². The van der Waals surface area contributed by atoms with Crippen LogP contribution in [0.15, 0.2) is 41.6 Å². The summed E-state index contributed by atoms with van der Waals surface area (Å²) in [6.07, 6.45) is 2.81. The van der Waals surface area contributed by atoms with Gasteiger partial charge >= 0.3 is 0 Å². The number of hydrogen-bond acceptors (Lipinski definition) is 3. The van der Waals surface area contributed by atoms with Crippen molar-refractivity contribution in [2.45, 2.75) is 10.6 Å². The third-order valence-electron chi connectivity index (χ3n) is 2.14. The van der Waals surface area contributed by atoms with Gasteiger partial charge in [0.05, 0.1) is 11.2 Å². The lowest BCUT2D eigenvalue weighted by Crippen LogP contribution is -1.90. The number of anilines is 1. The fraction of sp³-hybridized carbons (Fsp3) is 0.0833. The number of halogens is 2. The topological polar surface area (TPSA) is 38.9 Å². The maximum absolute atomic E-state index is 12.9. The van der Waals surface area contributed by atoms with Crippen LogP contribution in [0.5, 0.6) is 0 Å². The number of nitrogen functional groups attached to an aromatic ring is 1. The van der Waals surface area contributed by atoms with Crippen LogP contribution in [0.2, 0.25) is 5.02 Å². The molecule has 0 bridgehead atoms. The van der Waals surface area contributed by atoms with Gasteiger partial charge < -0.3 is 5.73 Å². The summed E-state index contributed by atoms with van der Waals surface area (Å²) in [6, 6.07) is 6.82. The Morgan fingerprint density at radius 3 is 2.88 bits per heavy atom. The molecule has 0 radical (unpaired) electrons. The van der Waals surface area contributed by atoms with E-state index >= 15 is 0 Å². The van der Waals surface area contributed by atoms with E-state index in [1.165, 1.54) is 24.0 Å². The summed E-state index contributed by atoms with van der Waals surface area (Å²) >= 11 is 7.51. The van der Waals surface area contributed by atoms with Crippen LogP contribution in [0.1, 0.15) is 5.56 Å². The highest BCUT2D eigenvalue weighted by molar-refractivity contribution is 7.98. The van der Waals surface area contributed by atoms with Crippen LogP contribution in [0.25, 0.3) is 0 Å². The molecule has 0 atom stereocenters. The van der Waals surface area contributed by atoms with Crippen molar-refractivity contribution in [2.24, 2.45) is 0 Å². The molecule has 2 nitrogen and oxygen atoms in total. The average Bonchev–Trinajstić information content (AvgIpc) is 2.28. The predicted molar refractivity (Wildman–Crippen MR) is 69.6 cm³/mol. The van der Waals surface area contributed by atoms with Gasteiger partial charge in [0.25, 0.3) is 0 Å². The number of nitrogens with two attached hydrogens (primary N) is 1. The van der Waals surface area contributed by atoms with Crippen LogP contribution >= 0.6 is 23.4 Å². The number of nitrogens with zero attached hydrogens (tertiary/aromatic N) is 1. The summed E-state index contributed by atoms with van der Waals surface area (Å²) in [5, 5.41) is 0.611. The van der Waals surface area contributed by atoms with Crippen molar-refractivity contribution >= 4 is 29.1 Å². The Kier molecular flexibility index (Phi) is 3.86. The third kappa shape index (κ3) is 3.11. The average molecular weight is 269 g/mol. The van der Waals surface area contributed by atoms with Crippen molar-refractivity contribution in [2.75, 3.05) is 5.73 Å². The Morgan fingerprint density at radius 2 is 2.18 bits per heavy atom. The molecular formula is C12H10ClFN2S. The molecule has 0 saturated carbocycles. The van der Waals surface area contributed by atoms with E-state index in [-0.39, 0.29) is 5.82 Å². The molecule has 0 aliphatic heterocycles. The second-order valence-corrected chi connectivity index (χ2v) is 4.85. The number of rotatable bonds is 3. The molecule has 17 heavy (non-hydrogen) atoms. The highest BCUT2D eigenvalue weighted by Gasteiger charge is 2.06. The highest BCUT2D eigenvalue weighted by atomic mass is 35.5. The minimum Gasteiger partial charge on any atom is -0.398 e. The van der Waals surface area contributed by atoms with Crippen LogP contribution in [-0.2, 0) is 5.75 Å². The Bertz CT molecular complexity index is 513. The lowest BCUT2D eigenvalue weighted by atomic mass is 10.3. The second kappa shape index (κ2) is 5.38. The van der Waals surface area contributed by atoms with E-state index < -0.39 is 0 Å². The monoisotopic (exact) mass is 268 g/mol. The minimum absolute atomic E-state index is 0.338. The first-order valence-corrected chi connectivity index (χ1v) is 6.29. The van der Waals surface area contributed by atoms with Gasteiger partial charge in [0.1, 0.15) is 5.82 Å². The molecule has 88 valence electrons. The molecule has 0 amide bonds. The number of benzene rings is 1. The van der Waals surface area contributed by atoms with Crippen LogP contribution < -0.4 is 5.73 Å². The summed E-state index contributed by atoms with van der Waals surface area (Å²) in [7, 11) is 0. The van der Waals surface area contributed by atoms with Crippen molar-refractivity contribution in [3.05, 3.63) is 53.1 Å². The van der Waals surface area contributed by atoms with Gasteiger partial charge in [0.15, 0.2) is 0 Å². The maximum atomic E-state index is 12.9. The number of thioether (sulfide) groups is 1. The van der Waals surface area contributed by atoms with Crippen molar-refractivity contribution in [3.8, 4) is 0 Å². The smallest absolute Gasteiger partial charge is 0.141 e. The zero-order valence-electron chi connectivity index (χ0n) is 8.86. The lowest BCUT2D eigenvalue weighted by molar-refractivity contribution is 0.619. The molecule has 2 N–H and O–H groups in total. The summed E-state index contributed by atoms with van der Waals surface area (Å²) in [6.45, 7) is 0. The first-order chi connectivity index (χ1) is 8.16. The molecule has 0 aliphatic carbocycles. The quantitative estimate of drug-likeness (QED) is 0.681. The molecule has 2 aromatic rings. The molecule has 2 rings (SSSR count). The molecule has 1 heterocycles. The number of pyridine rings is 1. The zero-order valence-corrected chi connectivity index (χ0v) is 10.4. The normalized spacial score (nSPS) is 10.5. The Balaban J connectivity index is 2.13. The molecule has 1 aromatic heterocycles. The van der Waals surface area contributed by atoms with Crippen molar-refractivity contribution in [1.82, 2.24) is 4.98 Å². The van der Waals surface area contributed by atoms with Crippen LogP contribution in [-0.4, -0.2) is 4.98 Å². The largest absolute Gasteiger partial charge is 0.398 e. The number of hydrogen-bond donors (Lipinski definition) is 1. The third-order valence-corrected chi connectivity index (χ3v) is 3.79. The zero-order chi connectivity index (χ0) is 12.3. The molecular weight excluding hydrogens is 259 g/mol. The predicted octanol–water partition coefficient (Wildman–Crippen LogP) is 3.75. The van der Waals surface area contributed by atoms with Crippen LogP contribution in [0, 0.1) is 5.82 Å². The molecule has 1 aromatic carbocycles. The van der Waals surface area contributed by atoms with Gasteiger partial charge in [-0.3, -0.25) is 4.98 Å². The first kappa shape index (κ1) is 12.2. The van der Waals surface area contributed by atoms with Gasteiger partial charge in [0.2, 0.25) is 0 Å². The fourth-order valence-electron chi connectivity index (χ4n) is 1.37. The van der Waals surface area contributed by atoms with E-state index in [0.717, 1.165) is 10.5 Å². The first-order valence-electron chi connectivity index (χ1n) is 4.93. The molecule has 0 unspecified atom stereocenters. The summed E-state index contributed by atoms with van der Waals surface area (Å²) < 4.78 is 12.9. The molecule has 0 saturated heterocycles. The van der Waals surface area contributed by atoms with E-state index in [4.69, 9.17) is 17.3 Å². The maximum Gasteiger partial charge on any atom is 0.141 e. The van der Waals surface area contributed by atoms with Crippen LogP contribution in [0.3, 0.4) is 0 Å². The second-order valence-electron chi connectivity index (χ2n) is 3.46. The molecule has 0 fully saturated rings. The van der Waals surface area contributed by atoms with E-state index in [2.05, 4.69) is 4.98 Å². The van der Waals surface area contributed by atoms with Gasteiger partial charge in [-0.2, -0.15) is 0 Å². The summed E-state index contributed by atoms with van der Waals surface area (Å²) in [4.78, 5) is 4.61. The minimum atomic E-state index is -0.338. The van der Waals surface area contributed by atoms with Gasteiger partial charge in [0, 0.05) is 22.5 Å². The fourth-order valence-corrected chi connectivity index (χ4v) is 2.62. The number of aromatic nitrogens is 1. The summed E-state index contributed by atoms with van der Waals surface area (Å²) in [5.74, 6) is 0.244. The lowest BCUT2D eigenvalue weighted by Gasteiger charge is -2.07. The highest BCUT2D eigenvalue weighted by Crippen LogP contribution is 2.34. The van der Waals surface area contributed by atoms with Crippen molar-refractivity contribution < 1.29 is 4.39 Å².